The Kier molecular flexibility index (Phi) is 104. The molecule has 0 radical (unpaired) electrons. The minimum atomic E-state index is -4.26. The van der Waals surface area contributed by atoms with Crippen LogP contribution in [0.5, 0.6) is 0 Å². The Balaban J connectivity index is -0.000000137. The van der Waals surface area contributed by atoms with E-state index < -0.39 is 53.5 Å². The highest BCUT2D eigenvalue weighted by Gasteiger charge is 2.54. The third kappa shape index (κ3) is 93.3. The van der Waals surface area contributed by atoms with Crippen molar-refractivity contribution < 1.29 is 56.8 Å². The summed E-state index contributed by atoms with van der Waals surface area (Å²) >= 11 is 0. The highest BCUT2D eigenvalue weighted by Crippen LogP contribution is 2.53. The van der Waals surface area contributed by atoms with Gasteiger partial charge in [-0.15, -0.1) is 0 Å². The van der Waals surface area contributed by atoms with Crippen molar-refractivity contribution in [3.05, 3.63) is 139 Å². The predicted octanol–water partition coefficient (Wildman–Crippen LogP) is 53.4. The Labute approximate surface area is 925 Å². The number of unbranched alkanes of at least 4 members (excludes halogenated alkanes) is 3. The van der Waals surface area contributed by atoms with E-state index in [1.165, 1.54) is 265 Å². The fraction of sp³-hybridized carbons (Fsp3) is 0.824. The first-order valence-electron chi connectivity index (χ1n) is 61.5. The van der Waals surface area contributed by atoms with Gasteiger partial charge in [0, 0.05) is 4.11 Å². The van der Waals surface area contributed by atoms with E-state index in [9.17, 15) is 52.7 Å². The fourth-order valence-corrected chi connectivity index (χ4v) is 14.7. The van der Waals surface area contributed by atoms with Crippen LogP contribution >= 0.6 is 0 Å². The van der Waals surface area contributed by atoms with Gasteiger partial charge in [-0.3, -0.25) is 0 Å². The van der Waals surface area contributed by atoms with Crippen LogP contribution in [0.3, 0.4) is 0 Å². The van der Waals surface area contributed by atoms with Crippen LogP contribution in [0.4, 0.5) is 52.7 Å². The Morgan fingerprint density at radius 3 is 0.791 bits per heavy atom. The first kappa shape index (κ1) is 162. The van der Waals surface area contributed by atoms with Gasteiger partial charge in [-0.25, -0.2) is 0 Å². The SMILES string of the molecule is CC.CC(C)(C)C.CC(C)C.CCC.CCC(C)(C)C.CCC(C)(C)C(F)(F)F.CCC(C)C.CCC(C)C.CCC(C)CC.CCC1(C(F)(F)F)CCCC1.CCC1(C)CCCC1.CCC1CCCC1.CCC1CCCCC1.CCCC.CCCCC.Cc1c(C(C)C)cc(C(C)C)cc1C(C)C.Cc1c(C(C)C)cc(C(F)(F)F)cc1C(C)C.Cc1c(C(C)C)cccc1C(C)C.Cc1cccc(C(F)(F)F)c1C.[2H]C([2H])([2H])C. The summed E-state index contributed by atoms with van der Waals surface area (Å²) in [5, 5.41) is 0. The maximum Gasteiger partial charge on any atom is 0.416 e. The molecule has 0 aliphatic heterocycles. The average molecular weight is 2130 g/mol. The van der Waals surface area contributed by atoms with E-state index in [2.05, 4.69) is 321 Å². The van der Waals surface area contributed by atoms with Crippen molar-refractivity contribution in [3.8, 4) is 0 Å². The van der Waals surface area contributed by atoms with Crippen LogP contribution < -0.4 is 0 Å². The van der Waals surface area contributed by atoms with E-state index in [1.54, 1.807) is 19.9 Å². The monoisotopic (exact) mass is 2130 g/mol. The molecule has 0 bridgehead atoms. The van der Waals surface area contributed by atoms with Crippen molar-refractivity contribution >= 4 is 0 Å². The van der Waals surface area contributed by atoms with Crippen molar-refractivity contribution in [2.24, 2.45) is 62.6 Å². The van der Waals surface area contributed by atoms with Gasteiger partial charge in [0.15, 0.2) is 0 Å². The molecule has 0 saturated heterocycles. The van der Waals surface area contributed by atoms with Gasteiger partial charge in [0.05, 0.1) is 22.0 Å². The van der Waals surface area contributed by atoms with Gasteiger partial charge < -0.3 is 0 Å². The number of halogens is 12. The van der Waals surface area contributed by atoms with E-state index in [0.29, 0.717) is 64.4 Å². The lowest BCUT2D eigenvalue weighted by atomic mass is 9.83. The molecule has 0 atom stereocenters. The second kappa shape index (κ2) is 95.3. The molecule has 0 N–H and O–H groups in total. The van der Waals surface area contributed by atoms with E-state index >= 15 is 0 Å². The van der Waals surface area contributed by atoms with Crippen LogP contribution in [0.1, 0.15) is 695 Å². The second-order valence-corrected chi connectivity index (χ2v) is 49.1. The van der Waals surface area contributed by atoms with Crippen molar-refractivity contribution in [2.45, 2.75) is 673 Å². The summed E-state index contributed by atoms with van der Waals surface area (Å²) in [4.78, 5) is 0. The molecule has 4 aromatic carbocycles. The normalized spacial score (nSPS) is 14.4. The number of benzene rings is 4. The standard InChI is InChI=1S/C16H26.C14H19F3.C13H20.C9H9F3.C8H13F3.2C8H16.C7H14.C6H11F3.2C6H14.4C5H12.2C4H10.C3H8.2C2H6/c1-10(2)14-8-15(11(3)4)13(7)16(9-14)12(5)6;1-8(2)12-6-11(14(15,16)17)7-13(9(3)4)10(12)5;1-9(2)12-7-6-8-13(10(3)4)11(12)5;1-6-4-3-5-8(7(6)2)9(10,11)12;1-2-7(8(9,10)11)5-3-4-6-7;1-3-8(2)6-4-5-7-8;1-2-8-6-4-3-5-7-8;1-2-7-5-3-4-6-7;1-4-5(2,3)6(7,8)9;1-5-6(2,3)4;1-4-6(3)5-2;1-5(2,3)4;2*1-4-5(2)3;1-3-5-4-2;1-4(2)3;1-3-4-2;1-3-2;2*1-2/h8-12H,1-7H3;6-9H,1-5H3;6-10H,1-5H3;3-5H,1-2H3;2-6H2,1H3;3-7H2,1-2H3;8H,2-7H2,1H3;7H,2-6H2,1H3;4H2,1-3H3;5H2,1-4H3;6H,4-5H2,1-3H3;1-4H3;2*5H,4H2,1-3H3;3-5H2,1-2H3;4H,1-3H3;3-4H2,1-2H3;3H2,1-2H3;2*1-2H3/i;;;;;;;;;;;;;;;;;;1D3;. The molecule has 0 spiro atoms. The number of alkyl halides is 12. The van der Waals surface area contributed by atoms with E-state index in [-0.39, 0.29) is 24.7 Å². The average Bonchev–Trinajstić information content (AvgIpc) is 1.48. The quantitative estimate of drug-likeness (QED) is 0.0821. The number of hydrogen-bond donors (Lipinski definition) is 0. The molecular weight excluding hydrogens is 1860 g/mol. The summed E-state index contributed by atoms with van der Waals surface area (Å²) in [5.74, 6) is 9.07. The molecule has 4 aliphatic carbocycles. The first-order chi connectivity index (χ1) is 68.8. The van der Waals surface area contributed by atoms with Gasteiger partial charge in [0.1, 0.15) is 0 Å². The summed E-state index contributed by atoms with van der Waals surface area (Å²) < 4.78 is 167. The molecule has 4 aromatic rings. The maximum atomic E-state index is 12.8. The van der Waals surface area contributed by atoms with Crippen LogP contribution in [0.25, 0.3) is 0 Å². The van der Waals surface area contributed by atoms with Gasteiger partial charge in [-0.2, -0.15) is 52.7 Å². The van der Waals surface area contributed by atoms with Crippen LogP contribution in [0, 0.1) is 97.2 Å². The molecule has 0 heterocycles. The highest BCUT2D eigenvalue weighted by molar-refractivity contribution is 5.44. The minimum absolute atomic E-state index is 0.106. The topological polar surface area (TPSA) is 0 Å². The molecule has 0 nitrogen and oxygen atoms in total. The van der Waals surface area contributed by atoms with Gasteiger partial charge in [-0.05, 0) is 251 Å². The molecule has 12 heteroatoms. The zero-order chi connectivity index (χ0) is 122. The van der Waals surface area contributed by atoms with E-state index in [4.69, 9.17) is 4.11 Å². The van der Waals surface area contributed by atoms with Crippen LogP contribution in [0.2, 0.25) is 0 Å². The lowest BCUT2D eigenvalue weighted by molar-refractivity contribution is -0.223. The third-order valence-corrected chi connectivity index (χ3v) is 27.9. The first-order valence-corrected chi connectivity index (χ1v) is 60.0. The van der Waals surface area contributed by atoms with Gasteiger partial charge in [0.25, 0.3) is 0 Å². The molecule has 0 amide bonds. The van der Waals surface area contributed by atoms with Gasteiger partial charge in [-0.1, -0.05) is 576 Å². The lowest BCUT2D eigenvalue weighted by Gasteiger charge is -2.29. The second-order valence-electron chi connectivity index (χ2n) is 49.1. The minimum Gasteiger partial charge on any atom is -0.171 e. The van der Waals surface area contributed by atoms with E-state index in [1.807, 2.05) is 48.5 Å². The highest BCUT2D eigenvalue weighted by atomic mass is 19.4. The Morgan fingerprint density at radius 1 is 0.351 bits per heavy atom. The molecule has 0 aromatic heterocycles. The third-order valence-electron chi connectivity index (χ3n) is 27.9. The van der Waals surface area contributed by atoms with Crippen molar-refractivity contribution in [3.63, 3.8) is 0 Å². The fourth-order valence-electron chi connectivity index (χ4n) is 14.7. The van der Waals surface area contributed by atoms with Crippen LogP contribution in [-0.2, 0) is 12.4 Å². The van der Waals surface area contributed by atoms with Gasteiger partial charge in [0.2, 0.25) is 0 Å². The van der Waals surface area contributed by atoms with Crippen molar-refractivity contribution in [2.75, 3.05) is 0 Å². The summed E-state index contributed by atoms with van der Waals surface area (Å²) in [5.41, 5.74) is 11.9. The summed E-state index contributed by atoms with van der Waals surface area (Å²) in [6.45, 7) is 116. The molecular formula is C136H260F12. The molecule has 4 fully saturated rings. The van der Waals surface area contributed by atoms with E-state index in [0.717, 1.165) is 76.5 Å². The van der Waals surface area contributed by atoms with Gasteiger partial charge >= 0.3 is 24.7 Å². The van der Waals surface area contributed by atoms with Crippen molar-refractivity contribution in [1.82, 2.24) is 0 Å². The number of aryl methyl sites for hydroxylation is 1. The maximum absolute atomic E-state index is 12.8. The largest absolute Gasteiger partial charge is 0.416 e. The zero-order valence-electron chi connectivity index (χ0n) is 112. The Hall–Kier alpha value is -3.96. The Morgan fingerprint density at radius 2 is 0.628 bits per heavy atom. The summed E-state index contributed by atoms with van der Waals surface area (Å²) in [6.07, 6.45) is 24.2. The number of hydrogen-bond acceptors (Lipinski definition) is 0. The zero-order valence-corrected chi connectivity index (χ0v) is 109. The predicted molar refractivity (Wildman–Crippen MR) is 651 cm³/mol. The number of rotatable bonds is 19. The molecule has 8 rings (SSSR count). The smallest absolute Gasteiger partial charge is 0.171 e. The molecule has 0 unspecified atom stereocenters. The summed E-state index contributed by atoms with van der Waals surface area (Å²) in [7, 11) is 0. The van der Waals surface area contributed by atoms with Crippen LogP contribution in [0.15, 0.2) is 60.7 Å². The molecule has 888 valence electrons. The molecule has 4 saturated carbocycles. The summed E-state index contributed by atoms with van der Waals surface area (Å²) in [6, 6.07) is 18.2. The lowest BCUT2D eigenvalue weighted by Crippen LogP contribution is -2.34. The van der Waals surface area contributed by atoms with Crippen LogP contribution in [-0.4, -0.2) is 12.4 Å². The molecule has 4 aliphatic rings. The van der Waals surface area contributed by atoms with Crippen molar-refractivity contribution in [1.29, 1.82) is 0 Å². The Bertz CT molecular complexity index is 3500. The molecule has 148 heavy (non-hydrogen) atoms.